The van der Waals surface area contributed by atoms with Gasteiger partial charge >= 0.3 is 0 Å². The number of nitrogens with zero attached hydrogens (tertiary/aromatic N) is 2. The van der Waals surface area contributed by atoms with Gasteiger partial charge in [0.15, 0.2) is 5.58 Å². The molecule has 5 heteroatoms. The van der Waals surface area contributed by atoms with Gasteiger partial charge in [-0.25, -0.2) is 0 Å². The minimum absolute atomic E-state index is 0.450. The molecule has 98 valence electrons. The Morgan fingerprint density at radius 2 is 2.00 bits per heavy atom. The molecule has 3 aromatic heterocycles. The summed E-state index contributed by atoms with van der Waals surface area (Å²) in [4.78, 5) is 0.450. The molecule has 0 unspecified atom stereocenters. The Morgan fingerprint density at radius 1 is 1.21 bits per heavy atom. The Morgan fingerprint density at radius 3 is 2.68 bits per heavy atom. The smallest absolute Gasteiger partial charge is 0.270 e. The summed E-state index contributed by atoms with van der Waals surface area (Å²) in [7, 11) is 0. The molecule has 0 atom stereocenters. The zero-order valence-corrected chi connectivity index (χ0v) is 12.5. The van der Waals surface area contributed by atoms with Crippen LogP contribution in [-0.2, 0) is 13.0 Å². The van der Waals surface area contributed by atoms with Crippen molar-refractivity contribution in [2.45, 2.75) is 26.8 Å². The summed E-state index contributed by atoms with van der Waals surface area (Å²) in [6, 6.07) is 6.11. The summed E-state index contributed by atoms with van der Waals surface area (Å²) in [6.45, 7) is 4.85. The van der Waals surface area contributed by atoms with Gasteiger partial charge in [0, 0.05) is 18.3 Å². The van der Waals surface area contributed by atoms with Crippen molar-refractivity contribution in [2.75, 3.05) is 0 Å². The van der Waals surface area contributed by atoms with Crippen LogP contribution in [0.5, 0.6) is 0 Å². The number of hydrogen-bond acceptors (Lipinski definition) is 3. The molecule has 0 aromatic carbocycles. The molecule has 0 aliphatic carbocycles. The summed E-state index contributed by atoms with van der Waals surface area (Å²) in [5, 5.41) is 0. The molecule has 3 nitrogen and oxygen atoms in total. The topological polar surface area (TPSA) is 22.5 Å². The van der Waals surface area contributed by atoms with Crippen molar-refractivity contribution in [3.05, 3.63) is 39.4 Å². The predicted octanol–water partition coefficient (Wildman–Crippen LogP) is 4.53. The number of rotatable bonds is 2. The van der Waals surface area contributed by atoms with Gasteiger partial charge in [0.1, 0.15) is 10.2 Å². The molecular formula is C14H14N2OS2. The summed E-state index contributed by atoms with van der Waals surface area (Å²) < 4.78 is 10.6. The second kappa shape index (κ2) is 4.58. The predicted molar refractivity (Wildman–Crippen MR) is 81.9 cm³/mol. The average Bonchev–Trinajstić information content (AvgIpc) is 2.72. The van der Waals surface area contributed by atoms with Gasteiger partial charge in [-0.2, -0.15) is 0 Å². The van der Waals surface area contributed by atoms with Crippen molar-refractivity contribution in [1.29, 1.82) is 0 Å². The van der Waals surface area contributed by atoms with E-state index >= 15 is 0 Å². The molecule has 0 radical (unpaired) electrons. The van der Waals surface area contributed by atoms with Crippen LogP contribution in [0.4, 0.5) is 0 Å². The third-order valence-electron chi connectivity index (χ3n) is 3.43. The van der Waals surface area contributed by atoms with Gasteiger partial charge < -0.3 is 8.82 Å². The molecule has 0 saturated heterocycles. The second-order valence-electron chi connectivity index (χ2n) is 4.38. The molecule has 0 fully saturated rings. The fourth-order valence-corrected chi connectivity index (χ4v) is 3.29. The van der Waals surface area contributed by atoms with Gasteiger partial charge in [0.25, 0.3) is 4.84 Å². The molecule has 0 amide bonds. The molecule has 0 aliphatic rings. The number of hydrogen-bond donors (Lipinski definition) is 0. The Hall–Kier alpha value is -1.46. The van der Waals surface area contributed by atoms with Crippen LogP contribution in [-0.4, -0.2) is 8.97 Å². The molecule has 0 N–H and O–H groups in total. The normalized spacial score (nSPS) is 11.5. The molecule has 0 spiro atoms. The molecule has 3 rings (SSSR count). The van der Waals surface area contributed by atoms with Crippen LogP contribution >= 0.6 is 24.4 Å². The highest BCUT2D eigenvalue weighted by molar-refractivity contribution is 7.72. The Bertz CT molecular complexity index is 886. The first kappa shape index (κ1) is 12.6. The van der Waals surface area contributed by atoms with Crippen molar-refractivity contribution in [1.82, 2.24) is 8.97 Å². The molecule has 3 aromatic rings. The third-order valence-corrected chi connectivity index (χ3v) is 4.14. The van der Waals surface area contributed by atoms with Gasteiger partial charge in [-0.15, -0.1) is 0 Å². The lowest BCUT2D eigenvalue weighted by Crippen LogP contribution is -2.00. The molecule has 3 heterocycles. The van der Waals surface area contributed by atoms with E-state index in [0.717, 1.165) is 39.8 Å². The summed E-state index contributed by atoms with van der Waals surface area (Å²) in [5.74, 6) is 0. The van der Waals surface area contributed by atoms with E-state index in [1.807, 2.05) is 29.8 Å². The van der Waals surface area contributed by atoms with Crippen LogP contribution in [0.1, 0.15) is 19.4 Å². The SMILES string of the molecule is CCc1c2oc(=S)n(CC)c(=S)c2n2ccccc12. The second-order valence-corrected chi connectivity index (χ2v) is 5.12. The van der Waals surface area contributed by atoms with Crippen LogP contribution in [0.3, 0.4) is 0 Å². The zero-order chi connectivity index (χ0) is 13.6. The van der Waals surface area contributed by atoms with E-state index in [-0.39, 0.29) is 0 Å². The number of aromatic nitrogens is 2. The summed E-state index contributed by atoms with van der Waals surface area (Å²) >= 11 is 10.9. The monoisotopic (exact) mass is 290 g/mol. The highest BCUT2D eigenvalue weighted by Crippen LogP contribution is 2.28. The summed E-state index contributed by atoms with van der Waals surface area (Å²) in [5.41, 5.74) is 4.07. The fraction of sp³-hybridized carbons (Fsp3) is 0.286. The highest BCUT2D eigenvalue weighted by Gasteiger charge is 2.15. The lowest BCUT2D eigenvalue weighted by molar-refractivity contribution is 0.497. The van der Waals surface area contributed by atoms with E-state index in [4.69, 9.17) is 28.9 Å². The van der Waals surface area contributed by atoms with Gasteiger partial charge in [0.05, 0.1) is 5.52 Å². The number of pyridine rings is 1. The van der Waals surface area contributed by atoms with Crippen LogP contribution in [0.2, 0.25) is 0 Å². The fourth-order valence-electron chi connectivity index (χ4n) is 2.53. The lowest BCUT2D eigenvalue weighted by Gasteiger charge is -2.04. The largest absolute Gasteiger partial charge is 0.429 e. The van der Waals surface area contributed by atoms with Gasteiger partial charge in [-0.1, -0.05) is 25.2 Å². The van der Waals surface area contributed by atoms with Crippen molar-refractivity contribution in [2.24, 2.45) is 0 Å². The van der Waals surface area contributed by atoms with Crippen LogP contribution in [0, 0.1) is 9.48 Å². The minimum atomic E-state index is 0.450. The van der Waals surface area contributed by atoms with Gasteiger partial charge in [0.2, 0.25) is 0 Å². The molecule has 0 saturated carbocycles. The molecule has 19 heavy (non-hydrogen) atoms. The van der Waals surface area contributed by atoms with Gasteiger partial charge in [-0.3, -0.25) is 4.57 Å². The van der Waals surface area contributed by atoms with Crippen molar-refractivity contribution in [3.8, 4) is 0 Å². The van der Waals surface area contributed by atoms with Crippen LogP contribution in [0.25, 0.3) is 16.6 Å². The molecule has 0 aliphatic heterocycles. The van der Waals surface area contributed by atoms with E-state index in [0.29, 0.717) is 4.84 Å². The maximum atomic E-state index is 5.86. The van der Waals surface area contributed by atoms with Crippen LogP contribution < -0.4 is 0 Å². The maximum absolute atomic E-state index is 5.86. The number of aryl methyl sites for hydroxylation is 1. The Labute approximate surface area is 121 Å². The molecular weight excluding hydrogens is 276 g/mol. The van der Waals surface area contributed by atoms with Crippen molar-refractivity contribution >= 4 is 41.1 Å². The average molecular weight is 290 g/mol. The van der Waals surface area contributed by atoms with Gasteiger partial charge in [-0.05, 0) is 37.7 Å². The van der Waals surface area contributed by atoms with E-state index < -0.39 is 0 Å². The maximum Gasteiger partial charge on any atom is 0.270 e. The van der Waals surface area contributed by atoms with E-state index in [2.05, 4.69) is 17.4 Å². The third kappa shape index (κ3) is 1.69. The Balaban J connectivity index is 2.68. The zero-order valence-electron chi connectivity index (χ0n) is 10.8. The highest BCUT2D eigenvalue weighted by atomic mass is 32.1. The van der Waals surface area contributed by atoms with E-state index in [9.17, 15) is 0 Å². The Kier molecular flexibility index (Phi) is 3.03. The van der Waals surface area contributed by atoms with Crippen LogP contribution in [0.15, 0.2) is 28.8 Å². The summed E-state index contributed by atoms with van der Waals surface area (Å²) in [6.07, 6.45) is 2.91. The first-order chi connectivity index (χ1) is 9.19. The quantitative estimate of drug-likeness (QED) is 0.648. The van der Waals surface area contributed by atoms with Crippen molar-refractivity contribution in [3.63, 3.8) is 0 Å². The minimum Gasteiger partial charge on any atom is -0.429 e. The first-order valence-corrected chi connectivity index (χ1v) is 7.16. The molecule has 0 bridgehead atoms. The lowest BCUT2D eigenvalue weighted by atomic mass is 10.2. The number of fused-ring (bicyclic) bond motifs is 3. The van der Waals surface area contributed by atoms with E-state index in [1.165, 1.54) is 0 Å². The standard InChI is InChI=1S/C14H14N2OS2/c1-3-9-10-7-5-6-8-16(10)11-12(9)17-14(19)15(4-2)13(11)18/h5-8H,3-4H2,1-2H3. The van der Waals surface area contributed by atoms with E-state index in [1.54, 1.807) is 0 Å². The first-order valence-electron chi connectivity index (χ1n) is 6.34. The van der Waals surface area contributed by atoms with Crippen molar-refractivity contribution < 1.29 is 4.42 Å².